The largest absolute Gasteiger partial charge is 0.0911 e. The lowest BCUT2D eigenvalue weighted by molar-refractivity contribution is 1.17. The van der Waals surface area contributed by atoms with Crippen molar-refractivity contribution < 1.29 is 0 Å². The second kappa shape index (κ2) is 6.24. The molecule has 0 spiro atoms. The zero-order chi connectivity index (χ0) is 14.7. The Kier molecular flexibility index (Phi) is 4.18. The van der Waals surface area contributed by atoms with Gasteiger partial charge in [-0.15, -0.1) is 0 Å². The van der Waals surface area contributed by atoms with Crippen molar-refractivity contribution in [2.45, 2.75) is 13.3 Å². The average Bonchev–Trinajstić information content (AvgIpc) is 2.53. The zero-order valence-corrected chi connectivity index (χ0v) is 13.2. The summed E-state index contributed by atoms with van der Waals surface area (Å²) in [6.45, 7) is 6.53. The lowest BCUT2D eigenvalue weighted by atomic mass is 10.0. The van der Waals surface area contributed by atoms with Crippen LogP contribution in [0.25, 0.3) is 0 Å². The number of hydrogen-bond donors (Lipinski definition) is 0. The Bertz CT molecular complexity index is 654. The second-order valence-corrected chi connectivity index (χ2v) is 7.42. The Morgan fingerprint density at radius 1 is 0.857 bits per heavy atom. The maximum atomic E-state index is 4.29. The van der Waals surface area contributed by atoms with Crippen LogP contribution in [0.1, 0.15) is 13.3 Å². The molecule has 0 nitrogen and oxygen atoms in total. The van der Waals surface area contributed by atoms with Crippen LogP contribution in [0.5, 0.6) is 0 Å². The van der Waals surface area contributed by atoms with Crippen LogP contribution in [0.2, 0.25) is 0 Å². The molecular formula is C20H19P. The van der Waals surface area contributed by atoms with Crippen molar-refractivity contribution >= 4 is 18.5 Å². The maximum Gasteiger partial charge on any atom is -0.00923 e. The highest BCUT2D eigenvalue weighted by atomic mass is 31.1. The molecule has 3 rings (SSSR count). The van der Waals surface area contributed by atoms with Crippen LogP contribution in [-0.4, -0.2) is 0 Å². The number of rotatable bonds is 3. The number of allylic oxidation sites excluding steroid dienone is 5. The quantitative estimate of drug-likeness (QED) is 0.705. The molecule has 0 aromatic heterocycles. The summed E-state index contributed by atoms with van der Waals surface area (Å²) in [5.41, 5.74) is 2.61. The summed E-state index contributed by atoms with van der Waals surface area (Å²) in [4.78, 5) is 0. The SMILES string of the molecule is C=C1C=CCC(C)=C1P(c1ccccc1)c1ccccc1. The van der Waals surface area contributed by atoms with Gasteiger partial charge in [0.15, 0.2) is 0 Å². The van der Waals surface area contributed by atoms with Crippen LogP contribution in [0.4, 0.5) is 0 Å². The summed E-state index contributed by atoms with van der Waals surface area (Å²) < 4.78 is 0. The first-order chi connectivity index (χ1) is 10.3. The molecule has 21 heavy (non-hydrogen) atoms. The summed E-state index contributed by atoms with van der Waals surface area (Å²) in [5.74, 6) is 0. The molecule has 1 aliphatic carbocycles. The molecule has 1 aliphatic rings. The predicted octanol–water partition coefficient (Wildman–Crippen LogP) is 4.91. The number of hydrogen-bond acceptors (Lipinski definition) is 0. The molecule has 0 fully saturated rings. The van der Waals surface area contributed by atoms with Crippen molar-refractivity contribution in [3.8, 4) is 0 Å². The minimum absolute atomic E-state index is 0.519. The molecular weight excluding hydrogens is 271 g/mol. The third kappa shape index (κ3) is 2.91. The van der Waals surface area contributed by atoms with Crippen LogP contribution >= 0.6 is 7.92 Å². The zero-order valence-electron chi connectivity index (χ0n) is 12.3. The van der Waals surface area contributed by atoms with Crippen LogP contribution < -0.4 is 10.6 Å². The third-order valence-corrected chi connectivity index (χ3v) is 6.45. The highest BCUT2D eigenvalue weighted by Crippen LogP contribution is 2.49. The van der Waals surface area contributed by atoms with Gasteiger partial charge < -0.3 is 0 Å². The molecule has 0 N–H and O–H groups in total. The first-order valence-corrected chi connectivity index (χ1v) is 8.57. The molecule has 104 valence electrons. The van der Waals surface area contributed by atoms with Crippen molar-refractivity contribution in [1.29, 1.82) is 0 Å². The normalized spacial score (nSPS) is 14.9. The van der Waals surface area contributed by atoms with Gasteiger partial charge in [-0.05, 0) is 42.8 Å². The monoisotopic (exact) mass is 290 g/mol. The predicted molar refractivity (Wildman–Crippen MR) is 94.7 cm³/mol. The Balaban J connectivity index is 2.16. The van der Waals surface area contributed by atoms with Crippen molar-refractivity contribution in [2.24, 2.45) is 0 Å². The van der Waals surface area contributed by atoms with Gasteiger partial charge in [0.05, 0.1) is 0 Å². The highest BCUT2D eigenvalue weighted by molar-refractivity contribution is 7.77. The molecule has 2 aromatic rings. The lowest BCUT2D eigenvalue weighted by Gasteiger charge is -2.26. The topological polar surface area (TPSA) is 0 Å². The van der Waals surface area contributed by atoms with Crippen molar-refractivity contribution in [1.82, 2.24) is 0 Å². The number of benzene rings is 2. The molecule has 0 radical (unpaired) electrons. The van der Waals surface area contributed by atoms with Crippen molar-refractivity contribution in [3.05, 3.63) is 95.9 Å². The standard InChI is InChI=1S/C20H19P/c1-16-10-9-11-17(2)20(16)21(18-12-5-3-6-13-18)19-14-7-4-8-15-19/h3-10,12-15H,1,11H2,2H3. The summed E-state index contributed by atoms with van der Waals surface area (Å²) in [7, 11) is -0.519. The van der Waals surface area contributed by atoms with Gasteiger partial charge in [-0.2, -0.15) is 0 Å². The lowest BCUT2D eigenvalue weighted by Crippen LogP contribution is -2.15. The van der Waals surface area contributed by atoms with E-state index >= 15 is 0 Å². The van der Waals surface area contributed by atoms with E-state index in [0.29, 0.717) is 0 Å². The first kappa shape index (κ1) is 14.0. The van der Waals surface area contributed by atoms with Crippen LogP contribution in [0.15, 0.2) is 95.9 Å². The fraction of sp³-hybridized carbons (Fsp3) is 0.100. The molecule has 0 amide bonds. The van der Waals surface area contributed by atoms with Gasteiger partial charge in [0.2, 0.25) is 0 Å². The van der Waals surface area contributed by atoms with Gasteiger partial charge in [0.1, 0.15) is 0 Å². The molecule has 1 heteroatoms. The molecule has 0 unspecified atom stereocenters. The summed E-state index contributed by atoms with van der Waals surface area (Å²) in [5, 5.41) is 4.22. The molecule has 0 heterocycles. The molecule has 0 saturated heterocycles. The molecule has 0 saturated carbocycles. The highest BCUT2D eigenvalue weighted by Gasteiger charge is 2.22. The molecule has 0 atom stereocenters. The summed E-state index contributed by atoms with van der Waals surface area (Å²) >= 11 is 0. The Morgan fingerprint density at radius 3 is 1.86 bits per heavy atom. The van der Waals surface area contributed by atoms with Crippen molar-refractivity contribution in [2.75, 3.05) is 0 Å². The van der Waals surface area contributed by atoms with Crippen LogP contribution in [0.3, 0.4) is 0 Å². The van der Waals surface area contributed by atoms with E-state index in [-0.39, 0.29) is 0 Å². The Morgan fingerprint density at radius 2 is 1.38 bits per heavy atom. The van der Waals surface area contributed by atoms with Gasteiger partial charge in [-0.1, -0.05) is 85.0 Å². The first-order valence-electron chi connectivity index (χ1n) is 7.23. The van der Waals surface area contributed by atoms with E-state index in [1.807, 2.05) is 0 Å². The maximum absolute atomic E-state index is 4.29. The van der Waals surface area contributed by atoms with E-state index in [4.69, 9.17) is 0 Å². The third-order valence-electron chi connectivity index (χ3n) is 3.70. The minimum Gasteiger partial charge on any atom is -0.0911 e. The molecule has 2 aromatic carbocycles. The van der Waals surface area contributed by atoms with E-state index in [1.165, 1.54) is 21.5 Å². The van der Waals surface area contributed by atoms with Crippen LogP contribution in [-0.2, 0) is 0 Å². The molecule has 0 aliphatic heterocycles. The van der Waals surface area contributed by atoms with Gasteiger partial charge in [-0.3, -0.25) is 0 Å². The van der Waals surface area contributed by atoms with Crippen LogP contribution in [0, 0.1) is 0 Å². The van der Waals surface area contributed by atoms with E-state index < -0.39 is 7.92 Å². The van der Waals surface area contributed by atoms with E-state index in [9.17, 15) is 0 Å². The average molecular weight is 290 g/mol. The van der Waals surface area contributed by atoms with E-state index in [2.05, 4.69) is 86.3 Å². The molecule has 0 bridgehead atoms. The Labute approximate surface area is 128 Å². The van der Waals surface area contributed by atoms with E-state index in [0.717, 1.165) is 12.0 Å². The van der Waals surface area contributed by atoms with Crippen molar-refractivity contribution in [3.63, 3.8) is 0 Å². The fourth-order valence-electron chi connectivity index (χ4n) is 2.72. The van der Waals surface area contributed by atoms with Gasteiger partial charge >= 0.3 is 0 Å². The van der Waals surface area contributed by atoms with Gasteiger partial charge in [-0.25, -0.2) is 0 Å². The summed E-state index contributed by atoms with van der Waals surface area (Å²) in [6, 6.07) is 21.6. The van der Waals surface area contributed by atoms with Gasteiger partial charge in [0.25, 0.3) is 0 Å². The summed E-state index contributed by atoms with van der Waals surface area (Å²) in [6.07, 6.45) is 5.42. The Hall–Kier alpha value is -1.91. The fourth-order valence-corrected chi connectivity index (χ4v) is 5.31. The smallest absolute Gasteiger partial charge is 0.00923 e. The van der Waals surface area contributed by atoms with E-state index in [1.54, 1.807) is 0 Å². The van der Waals surface area contributed by atoms with Gasteiger partial charge in [0, 0.05) is 0 Å². The second-order valence-electron chi connectivity index (χ2n) is 5.27. The minimum atomic E-state index is -0.519.